The maximum atomic E-state index is 12.7. The minimum absolute atomic E-state index is 0.230. The van der Waals surface area contributed by atoms with E-state index in [-0.39, 0.29) is 11.8 Å². The van der Waals surface area contributed by atoms with Crippen LogP contribution >= 0.6 is 0 Å². The van der Waals surface area contributed by atoms with Crippen LogP contribution in [0.1, 0.15) is 26.3 Å². The van der Waals surface area contributed by atoms with Crippen molar-refractivity contribution in [1.29, 1.82) is 0 Å². The molecular weight excluding hydrogens is 426 g/mol. The first-order valence-corrected chi connectivity index (χ1v) is 10.9. The number of carbonyl (C=O) groups is 2. The fourth-order valence-corrected chi connectivity index (χ4v) is 3.39. The number of anilines is 4. The van der Waals surface area contributed by atoms with Crippen LogP contribution in [-0.4, -0.2) is 11.8 Å². The number of nitrogens with one attached hydrogen (secondary N) is 3. The van der Waals surface area contributed by atoms with Crippen molar-refractivity contribution in [3.8, 4) is 0 Å². The quantitative estimate of drug-likeness (QED) is 0.388. The second kappa shape index (κ2) is 9.95. The number of pyridine rings is 2. The third-order valence-electron chi connectivity index (χ3n) is 5.39. The molecule has 7 nitrogen and oxygen atoms in total. The Balaban J connectivity index is 1.38. The molecule has 0 unspecified atom stereocenters. The summed E-state index contributed by atoms with van der Waals surface area (Å²) in [5, 5.41) is 9.15. The number of rotatable bonds is 6. The Bertz CT molecular complexity index is 1310. The number of nitrogens with zero attached hydrogens (tertiary/aromatic N) is 2. The van der Waals surface area contributed by atoms with Crippen LogP contribution in [0.3, 0.4) is 0 Å². The molecule has 0 fully saturated rings. The minimum atomic E-state index is -0.234. The number of hydrogen-bond donors (Lipinski definition) is 3. The zero-order chi connectivity index (χ0) is 24.1. The molecule has 34 heavy (non-hydrogen) atoms. The predicted octanol–water partition coefficient (Wildman–Crippen LogP) is 3.89. The van der Waals surface area contributed by atoms with Gasteiger partial charge in [-0.25, -0.2) is 9.13 Å². The van der Waals surface area contributed by atoms with Crippen molar-refractivity contribution in [3.05, 3.63) is 108 Å². The predicted molar refractivity (Wildman–Crippen MR) is 132 cm³/mol. The average Bonchev–Trinajstić information content (AvgIpc) is 2.84. The van der Waals surface area contributed by atoms with Crippen molar-refractivity contribution in [1.82, 2.24) is 0 Å². The number of carbonyl (C=O) groups excluding carboxylic acids is 2. The molecule has 4 rings (SSSR count). The first-order valence-electron chi connectivity index (χ1n) is 10.9. The van der Waals surface area contributed by atoms with E-state index in [1.807, 2.05) is 97.4 Å². The van der Waals surface area contributed by atoms with E-state index in [0.29, 0.717) is 16.8 Å². The number of benzene rings is 2. The summed E-state index contributed by atoms with van der Waals surface area (Å²) in [4.78, 5) is 25.2. The lowest BCUT2D eigenvalue weighted by Gasteiger charge is -2.12. The van der Waals surface area contributed by atoms with Gasteiger partial charge in [0.15, 0.2) is 24.8 Å². The molecule has 0 saturated heterocycles. The molecule has 2 aromatic carbocycles. The average molecular weight is 454 g/mol. The van der Waals surface area contributed by atoms with Crippen molar-refractivity contribution >= 4 is 34.6 Å². The van der Waals surface area contributed by atoms with Crippen LogP contribution < -0.4 is 25.1 Å². The van der Waals surface area contributed by atoms with E-state index in [1.165, 1.54) is 0 Å². The van der Waals surface area contributed by atoms with Crippen LogP contribution in [0.4, 0.5) is 22.7 Å². The summed E-state index contributed by atoms with van der Waals surface area (Å²) in [6.45, 7) is 1.95. The Morgan fingerprint density at radius 3 is 1.65 bits per heavy atom. The second-order valence-corrected chi connectivity index (χ2v) is 8.14. The number of aryl methyl sites for hydroxylation is 3. The normalized spacial score (nSPS) is 10.4. The summed E-state index contributed by atoms with van der Waals surface area (Å²) in [6, 6.07) is 20.0. The van der Waals surface area contributed by atoms with Crippen molar-refractivity contribution in [2.45, 2.75) is 6.92 Å². The van der Waals surface area contributed by atoms with Crippen LogP contribution in [0.25, 0.3) is 0 Å². The van der Waals surface area contributed by atoms with E-state index >= 15 is 0 Å². The molecule has 0 spiro atoms. The van der Waals surface area contributed by atoms with Crippen molar-refractivity contribution in [3.63, 3.8) is 0 Å². The van der Waals surface area contributed by atoms with Crippen molar-refractivity contribution < 1.29 is 18.7 Å². The summed E-state index contributed by atoms with van der Waals surface area (Å²) in [7, 11) is 3.88. The maximum Gasteiger partial charge on any atom is 0.255 e. The van der Waals surface area contributed by atoms with E-state index in [4.69, 9.17) is 0 Å². The fraction of sp³-hybridized carbons (Fsp3) is 0.111. The monoisotopic (exact) mass is 453 g/mol. The molecule has 4 aromatic rings. The molecule has 2 heterocycles. The topological polar surface area (TPSA) is 78.0 Å². The van der Waals surface area contributed by atoms with E-state index < -0.39 is 0 Å². The number of amides is 2. The summed E-state index contributed by atoms with van der Waals surface area (Å²) < 4.78 is 3.86. The minimum Gasteiger partial charge on any atom is -0.355 e. The molecule has 7 heteroatoms. The standard InChI is InChI=1S/C27H25N5O2/c1-19-18-24(28-22-10-14-31(2)15-11-22)8-9-25(19)30-27(34)21-6-4-20(5-7-21)26(33)29-23-12-16-32(3)17-13-23/h4-18H,1-3H3,(H,30,34)/p+2. The summed E-state index contributed by atoms with van der Waals surface area (Å²) in [6.07, 6.45) is 7.66. The molecule has 0 radical (unpaired) electrons. The lowest BCUT2D eigenvalue weighted by Crippen LogP contribution is -2.26. The lowest BCUT2D eigenvalue weighted by molar-refractivity contribution is -0.671. The van der Waals surface area contributed by atoms with Crippen molar-refractivity contribution in [2.75, 3.05) is 16.0 Å². The second-order valence-electron chi connectivity index (χ2n) is 8.14. The Hall–Kier alpha value is -4.52. The highest BCUT2D eigenvalue weighted by Gasteiger charge is 2.11. The summed E-state index contributed by atoms with van der Waals surface area (Å²) in [5.41, 5.74) is 5.25. The molecule has 0 saturated carbocycles. The van der Waals surface area contributed by atoms with Gasteiger partial charge in [0.05, 0.1) is 11.4 Å². The molecule has 2 amide bonds. The molecule has 0 aliphatic carbocycles. The molecule has 3 N–H and O–H groups in total. The Kier molecular flexibility index (Phi) is 6.64. The van der Waals surface area contributed by atoms with Gasteiger partial charge >= 0.3 is 0 Å². The summed E-state index contributed by atoms with van der Waals surface area (Å²) in [5.74, 6) is -0.464. The Morgan fingerprint density at radius 2 is 1.12 bits per heavy atom. The molecular formula is C27H27N5O2+2. The van der Waals surface area contributed by atoms with Crippen LogP contribution in [0.5, 0.6) is 0 Å². The molecule has 170 valence electrons. The number of aromatic nitrogens is 2. The molecule has 2 aromatic heterocycles. The number of hydrogen-bond acceptors (Lipinski definition) is 3. The van der Waals surface area contributed by atoms with Gasteiger partial charge < -0.3 is 16.0 Å². The van der Waals surface area contributed by atoms with Gasteiger partial charge in [0.1, 0.15) is 14.1 Å². The van der Waals surface area contributed by atoms with E-state index in [9.17, 15) is 9.59 Å². The van der Waals surface area contributed by atoms with Crippen LogP contribution in [0.2, 0.25) is 0 Å². The van der Waals surface area contributed by atoms with Crippen LogP contribution in [0.15, 0.2) is 91.5 Å². The van der Waals surface area contributed by atoms with Crippen LogP contribution in [0, 0.1) is 6.92 Å². The third kappa shape index (κ3) is 5.63. The fourth-order valence-electron chi connectivity index (χ4n) is 3.39. The lowest BCUT2D eigenvalue weighted by atomic mass is 10.1. The molecule has 0 aliphatic heterocycles. The Labute approximate surface area is 198 Å². The first-order chi connectivity index (χ1) is 16.4. The van der Waals surface area contributed by atoms with Gasteiger partial charge in [-0.2, -0.15) is 0 Å². The SMILES string of the molecule is Cc1cc(Nc2cc[n+](C)cc2)ccc1NC(=O)c1ccc(C(=O)Nc2cc[n+](C)cc2)cc1. The Morgan fingerprint density at radius 1 is 0.618 bits per heavy atom. The van der Waals surface area contributed by atoms with Crippen LogP contribution in [-0.2, 0) is 14.1 Å². The highest BCUT2D eigenvalue weighted by atomic mass is 16.2. The van der Waals surface area contributed by atoms with Gasteiger partial charge in [0.2, 0.25) is 0 Å². The highest BCUT2D eigenvalue weighted by molar-refractivity contribution is 6.07. The molecule has 0 atom stereocenters. The van der Waals surface area contributed by atoms with Gasteiger partial charge in [0, 0.05) is 46.8 Å². The van der Waals surface area contributed by atoms with Gasteiger partial charge in [-0.05, 0) is 55.0 Å². The molecule has 0 bridgehead atoms. The maximum absolute atomic E-state index is 12.7. The van der Waals surface area contributed by atoms with Crippen molar-refractivity contribution in [2.24, 2.45) is 14.1 Å². The smallest absolute Gasteiger partial charge is 0.255 e. The first kappa shape index (κ1) is 22.7. The third-order valence-corrected chi connectivity index (χ3v) is 5.39. The summed E-state index contributed by atoms with van der Waals surface area (Å²) >= 11 is 0. The van der Waals surface area contributed by atoms with Gasteiger partial charge in [-0.1, -0.05) is 0 Å². The highest BCUT2D eigenvalue weighted by Crippen LogP contribution is 2.23. The molecule has 0 aliphatic rings. The van der Waals surface area contributed by atoms with E-state index in [1.54, 1.807) is 24.3 Å². The zero-order valence-corrected chi connectivity index (χ0v) is 19.4. The zero-order valence-electron chi connectivity index (χ0n) is 19.4. The largest absolute Gasteiger partial charge is 0.355 e. The van der Waals surface area contributed by atoms with Gasteiger partial charge in [-0.3, -0.25) is 9.59 Å². The van der Waals surface area contributed by atoms with E-state index in [2.05, 4.69) is 16.0 Å². The van der Waals surface area contributed by atoms with Gasteiger partial charge in [-0.15, -0.1) is 0 Å². The van der Waals surface area contributed by atoms with Gasteiger partial charge in [0.25, 0.3) is 11.8 Å². The van der Waals surface area contributed by atoms with E-state index in [0.717, 1.165) is 22.6 Å².